The molecule has 0 aliphatic carbocycles. The molecule has 0 fully saturated rings. The number of fused-ring (bicyclic) bond motifs is 3. The van der Waals surface area contributed by atoms with E-state index in [9.17, 15) is 14.4 Å². The summed E-state index contributed by atoms with van der Waals surface area (Å²) in [6.07, 6.45) is 0. The van der Waals surface area contributed by atoms with Crippen LogP contribution in [0.5, 0.6) is 0 Å². The Balaban J connectivity index is 2.12. The van der Waals surface area contributed by atoms with E-state index < -0.39 is 7.60 Å². The van der Waals surface area contributed by atoms with Crippen LogP contribution in [0.2, 0.25) is 0 Å². The lowest BCUT2D eigenvalue weighted by Gasteiger charge is -2.10. The maximum Gasteiger partial charge on any atom is 0.356 e. The van der Waals surface area contributed by atoms with Crippen molar-refractivity contribution >= 4 is 57.3 Å². The van der Waals surface area contributed by atoms with Gasteiger partial charge in [0.25, 0.3) is 0 Å². The average molecular weight is 449 g/mol. The topological polar surface area (TPSA) is 62.5 Å². The first-order valence-corrected chi connectivity index (χ1v) is 9.99. The van der Waals surface area contributed by atoms with Gasteiger partial charge in [0.05, 0.1) is 16.3 Å². The maximum atomic E-state index is 11.6. The van der Waals surface area contributed by atoms with Crippen LogP contribution in [0.3, 0.4) is 0 Å². The molecule has 0 bridgehead atoms. The summed E-state index contributed by atoms with van der Waals surface area (Å²) in [5.74, 6) is 0. The molecule has 0 saturated heterocycles. The van der Waals surface area contributed by atoms with E-state index in [1.54, 1.807) is 12.1 Å². The molecular formula is C18H13INO3P. The van der Waals surface area contributed by atoms with Crippen LogP contribution in [0.25, 0.3) is 27.5 Å². The molecular weight excluding hydrogens is 436 g/mol. The van der Waals surface area contributed by atoms with E-state index in [-0.39, 0.29) is 5.30 Å². The molecule has 6 heteroatoms. The Kier molecular flexibility index (Phi) is 3.77. The standard InChI is InChI=1S/C18H13INO3P/c19-12-8-9-16-15-6-1-2-7-17(15)20(18(16)10-12)13-4-3-5-14(11-13)24(21,22)23/h1-11H,(H2,21,22,23). The molecule has 1 heterocycles. The minimum Gasteiger partial charge on any atom is -0.321 e. The van der Waals surface area contributed by atoms with E-state index >= 15 is 0 Å². The van der Waals surface area contributed by atoms with E-state index in [1.807, 2.05) is 28.8 Å². The van der Waals surface area contributed by atoms with Gasteiger partial charge < -0.3 is 14.4 Å². The minimum atomic E-state index is -4.29. The summed E-state index contributed by atoms with van der Waals surface area (Å²) in [6, 6.07) is 20.8. The highest BCUT2D eigenvalue weighted by atomic mass is 127. The Morgan fingerprint density at radius 1 is 0.833 bits per heavy atom. The SMILES string of the molecule is O=P(O)(O)c1cccc(-n2c3ccccc3c3ccc(I)cc32)c1. The number of benzene rings is 3. The van der Waals surface area contributed by atoms with Gasteiger partial charge >= 0.3 is 7.60 Å². The van der Waals surface area contributed by atoms with Gasteiger partial charge in [-0.2, -0.15) is 0 Å². The van der Waals surface area contributed by atoms with Crippen LogP contribution in [0.15, 0.2) is 66.7 Å². The molecule has 0 radical (unpaired) electrons. The van der Waals surface area contributed by atoms with Crippen molar-refractivity contribution in [1.29, 1.82) is 0 Å². The number of aromatic nitrogens is 1. The van der Waals surface area contributed by atoms with Gasteiger partial charge in [0.15, 0.2) is 0 Å². The molecule has 0 unspecified atom stereocenters. The average Bonchev–Trinajstić information content (AvgIpc) is 2.87. The van der Waals surface area contributed by atoms with Gasteiger partial charge in [-0.15, -0.1) is 0 Å². The molecule has 120 valence electrons. The second-order valence-electron chi connectivity index (χ2n) is 5.58. The molecule has 3 aromatic carbocycles. The summed E-state index contributed by atoms with van der Waals surface area (Å²) >= 11 is 2.27. The van der Waals surface area contributed by atoms with Gasteiger partial charge in [0.2, 0.25) is 0 Å². The number of hydrogen-bond acceptors (Lipinski definition) is 1. The van der Waals surface area contributed by atoms with E-state index in [1.165, 1.54) is 6.07 Å². The summed E-state index contributed by atoms with van der Waals surface area (Å²) in [4.78, 5) is 19.0. The smallest absolute Gasteiger partial charge is 0.321 e. The van der Waals surface area contributed by atoms with Crippen LogP contribution in [0.4, 0.5) is 0 Å². The number of rotatable bonds is 2. The third-order valence-electron chi connectivity index (χ3n) is 4.06. The fourth-order valence-corrected chi connectivity index (χ4v) is 4.09. The van der Waals surface area contributed by atoms with Crippen molar-refractivity contribution in [2.45, 2.75) is 0 Å². The summed E-state index contributed by atoms with van der Waals surface area (Å²) in [5, 5.41) is 2.26. The van der Waals surface area contributed by atoms with Crippen LogP contribution in [0, 0.1) is 3.57 Å². The molecule has 0 spiro atoms. The zero-order valence-electron chi connectivity index (χ0n) is 12.4. The summed E-state index contributed by atoms with van der Waals surface area (Å²) in [5.41, 5.74) is 2.77. The first-order valence-electron chi connectivity index (χ1n) is 7.30. The van der Waals surface area contributed by atoms with Gasteiger partial charge in [0, 0.05) is 20.0 Å². The zero-order valence-corrected chi connectivity index (χ0v) is 15.5. The van der Waals surface area contributed by atoms with Crippen LogP contribution in [-0.4, -0.2) is 14.4 Å². The first-order chi connectivity index (χ1) is 11.4. The van der Waals surface area contributed by atoms with E-state index in [4.69, 9.17) is 0 Å². The maximum absolute atomic E-state index is 11.6. The monoisotopic (exact) mass is 449 g/mol. The van der Waals surface area contributed by atoms with Gasteiger partial charge in [-0.25, -0.2) is 0 Å². The van der Waals surface area contributed by atoms with Crippen molar-refractivity contribution in [1.82, 2.24) is 4.57 Å². The molecule has 4 rings (SSSR count). The molecule has 24 heavy (non-hydrogen) atoms. The highest BCUT2D eigenvalue weighted by Gasteiger charge is 2.19. The highest BCUT2D eigenvalue weighted by Crippen LogP contribution is 2.36. The molecule has 1 aromatic heterocycles. The lowest BCUT2D eigenvalue weighted by molar-refractivity contribution is 0.387. The predicted molar refractivity (Wildman–Crippen MR) is 105 cm³/mol. The van der Waals surface area contributed by atoms with Crippen LogP contribution >= 0.6 is 30.2 Å². The Morgan fingerprint density at radius 3 is 2.38 bits per heavy atom. The molecule has 0 aliphatic heterocycles. The molecule has 4 aromatic rings. The van der Waals surface area contributed by atoms with Gasteiger partial charge in [-0.05, 0) is 59.0 Å². The molecule has 4 nitrogen and oxygen atoms in total. The second-order valence-corrected chi connectivity index (χ2v) is 8.43. The van der Waals surface area contributed by atoms with E-state index in [0.717, 1.165) is 31.1 Å². The van der Waals surface area contributed by atoms with Crippen molar-refractivity contribution in [2.75, 3.05) is 0 Å². The van der Waals surface area contributed by atoms with Gasteiger partial charge in [-0.3, -0.25) is 4.57 Å². The fraction of sp³-hybridized carbons (Fsp3) is 0. The normalized spacial score (nSPS) is 12.1. The third kappa shape index (κ3) is 2.58. The van der Waals surface area contributed by atoms with Gasteiger partial charge in [0.1, 0.15) is 0 Å². The van der Waals surface area contributed by atoms with Crippen molar-refractivity contribution < 1.29 is 14.4 Å². The summed E-state index contributed by atoms with van der Waals surface area (Å²) in [7, 11) is -4.29. The van der Waals surface area contributed by atoms with Crippen molar-refractivity contribution in [3.63, 3.8) is 0 Å². The number of nitrogens with zero attached hydrogens (tertiary/aromatic N) is 1. The predicted octanol–water partition coefficient (Wildman–Crippen LogP) is 4.19. The second kappa shape index (κ2) is 5.70. The van der Waals surface area contributed by atoms with Gasteiger partial charge in [-0.1, -0.05) is 30.3 Å². The Bertz CT molecular complexity index is 1130. The van der Waals surface area contributed by atoms with Crippen molar-refractivity contribution in [2.24, 2.45) is 0 Å². The van der Waals surface area contributed by atoms with E-state index in [0.29, 0.717) is 0 Å². The van der Waals surface area contributed by atoms with E-state index in [2.05, 4.69) is 46.9 Å². The lowest BCUT2D eigenvalue weighted by atomic mass is 10.2. The number of para-hydroxylation sites is 1. The Labute approximate surface area is 152 Å². The number of halogens is 1. The largest absolute Gasteiger partial charge is 0.356 e. The van der Waals surface area contributed by atoms with Crippen molar-refractivity contribution in [3.8, 4) is 5.69 Å². The quantitative estimate of drug-likeness (QED) is 0.357. The van der Waals surface area contributed by atoms with Crippen molar-refractivity contribution in [3.05, 3.63) is 70.3 Å². The molecule has 2 N–H and O–H groups in total. The summed E-state index contributed by atoms with van der Waals surface area (Å²) < 4.78 is 14.8. The van der Waals surface area contributed by atoms with Crippen LogP contribution in [-0.2, 0) is 4.57 Å². The molecule has 0 amide bonds. The van der Waals surface area contributed by atoms with Crippen LogP contribution < -0.4 is 5.30 Å². The highest BCUT2D eigenvalue weighted by molar-refractivity contribution is 14.1. The minimum absolute atomic E-state index is 0.0246. The summed E-state index contributed by atoms with van der Waals surface area (Å²) in [6.45, 7) is 0. The zero-order chi connectivity index (χ0) is 16.9. The van der Waals surface area contributed by atoms with Crippen LogP contribution in [0.1, 0.15) is 0 Å². The third-order valence-corrected chi connectivity index (χ3v) is 5.68. The number of hydrogen-bond donors (Lipinski definition) is 2. The molecule has 0 aliphatic rings. The first kappa shape index (κ1) is 15.8. The Morgan fingerprint density at radius 2 is 1.58 bits per heavy atom. The molecule has 0 saturated carbocycles. The lowest BCUT2D eigenvalue weighted by Crippen LogP contribution is -2.06. The fourth-order valence-electron chi connectivity index (χ4n) is 3.04. The Hall–Kier alpha value is -1.66. The molecule has 0 atom stereocenters.